The molecule has 1 unspecified atom stereocenters. The van der Waals surface area contributed by atoms with E-state index in [1.165, 1.54) is 5.56 Å². The fourth-order valence-corrected chi connectivity index (χ4v) is 3.35. The second-order valence-corrected chi connectivity index (χ2v) is 7.75. The minimum Gasteiger partial charge on any atom is -0.305 e. The lowest BCUT2D eigenvalue weighted by Gasteiger charge is -2.27. The van der Waals surface area contributed by atoms with Crippen LogP contribution in [0.3, 0.4) is 0 Å². The number of halogens is 1. The molecule has 2 aromatic carbocycles. The van der Waals surface area contributed by atoms with E-state index in [4.69, 9.17) is 0 Å². The predicted octanol–water partition coefficient (Wildman–Crippen LogP) is 4.97. The van der Waals surface area contributed by atoms with E-state index in [0.717, 1.165) is 22.3 Å². The molecule has 0 heterocycles. The highest BCUT2D eigenvalue weighted by Crippen LogP contribution is 2.32. The number of rotatable bonds is 6. The molecule has 0 saturated heterocycles. The molecule has 0 aromatic heterocycles. The van der Waals surface area contributed by atoms with E-state index in [0.29, 0.717) is 12.5 Å². The average Bonchev–Trinajstić information content (AvgIpc) is 2.51. The first kappa shape index (κ1) is 19.6. The standard InChI is InChI=1S/C22H31FN2/c1-15(2)17-8-10-18(11-9-17)22(25(6)7)20-13-16(3)12-19(21(20)23)14-24(4)5/h8-13,15,22H,14H2,1-7H3. The largest absolute Gasteiger partial charge is 0.305 e. The van der Waals surface area contributed by atoms with Crippen LogP contribution in [0.25, 0.3) is 0 Å². The summed E-state index contributed by atoms with van der Waals surface area (Å²) >= 11 is 0. The third kappa shape index (κ3) is 4.68. The van der Waals surface area contributed by atoms with E-state index in [2.05, 4.69) is 43.0 Å². The Balaban J connectivity index is 2.52. The second-order valence-electron chi connectivity index (χ2n) is 7.75. The maximum atomic E-state index is 15.3. The normalized spacial score (nSPS) is 13.1. The Morgan fingerprint density at radius 3 is 1.96 bits per heavy atom. The van der Waals surface area contributed by atoms with Crippen LogP contribution in [-0.2, 0) is 6.54 Å². The molecule has 0 fully saturated rings. The molecule has 0 radical (unpaired) electrons. The van der Waals surface area contributed by atoms with Crippen molar-refractivity contribution in [2.75, 3.05) is 28.2 Å². The summed E-state index contributed by atoms with van der Waals surface area (Å²) in [6.07, 6.45) is 0. The summed E-state index contributed by atoms with van der Waals surface area (Å²) < 4.78 is 15.3. The van der Waals surface area contributed by atoms with Crippen LogP contribution < -0.4 is 0 Å². The molecule has 0 aliphatic carbocycles. The van der Waals surface area contributed by atoms with Gasteiger partial charge in [0.15, 0.2) is 0 Å². The zero-order valence-corrected chi connectivity index (χ0v) is 16.6. The Hall–Kier alpha value is -1.71. The van der Waals surface area contributed by atoms with Crippen LogP contribution in [0.4, 0.5) is 4.39 Å². The maximum absolute atomic E-state index is 15.3. The summed E-state index contributed by atoms with van der Waals surface area (Å²) in [6.45, 7) is 7.02. The number of hydrogen-bond acceptors (Lipinski definition) is 2. The first-order valence-corrected chi connectivity index (χ1v) is 8.90. The van der Waals surface area contributed by atoms with Gasteiger partial charge in [0.05, 0.1) is 6.04 Å². The number of hydrogen-bond donors (Lipinski definition) is 0. The van der Waals surface area contributed by atoms with Gasteiger partial charge in [-0.25, -0.2) is 4.39 Å². The molecule has 0 N–H and O–H groups in total. The Morgan fingerprint density at radius 1 is 0.920 bits per heavy atom. The van der Waals surface area contributed by atoms with Crippen molar-refractivity contribution in [3.05, 3.63) is 70.0 Å². The predicted molar refractivity (Wildman–Crippen MR) is 105 cm³/mol. The Morgan fingerprint density at radius 2 is 1.48 bits per heavy atom. The maximum Gasteiger partial charge on any atom is 0.132 e. The topological polar surface area (TPSA) is 6.48 Å². The summed E-state index contributed by atoms with van der Waals surface area (Å²) in [5, 5.41) is 0. The minimum absolute atomic E-state index is 0.0917. The van der Waals surface area contributed by atoms with Gasteiger partial charge in [-0.1, -0.05) is 55.8 Å². The van der Waals surface area contributed by atoms with E-state index >= 15 is 4.39 Å². The molecule has 25 heavy (non-hydrogen) atoms. The van der Waals surface area contributed by atoms with E-state index in [-0.39, 0.29) is 11.9 Å². The van der Waals surface area contributed by atoms with Crippen LogP contribution in [0.15, 0.2) is 36.4 Å². The van der Waals surface area contributed by atoms with E-state index in [1.807, 2.05) is 52.1 Å². The lowest BCUT2D eigenvalue weighted by Crippen LogP contribution is -2.23. The van der Waals surface area contributed by atoms with Gasteiger partial charge in [0.2, 0.25) is 0 Å². The van der Waals surface area contributed by atoms with Gasteiger partial charge in [0.25, 0.3) is 0 Å². The summed E-state index contributed by atoms with van der Waals surface area (Å²) in [5.41, 5.74) is 5.03. The Labute approximate surface area is 152 Å². The molecule has 2 nitrogen and oxygen atoms in total. The van der Waals surface area contributed by atoms with Gasteiger partial charge in [-0.2, -0.15) is 0 Å². The number of nitrogens with zero attached hydrogens (tertiary/aromatic N) is 2. The van der Waals surface area contributed by atoms with Crippen molar-refractivity contribution in [3.8, 4) is 0 Å². The quantitative estimate of drug-likeness (QED) is 0.731. The van der Waals surface area contributed by atoms with Crippen LogP contribution in [0.1, 0.15) is 53.6 Å². The highest BCUT2D eigenvalue weighted by Gasteiger charge is 2.23. The molecule has 0 bridgehead atoms. The van der Waals surface area contributed by atoms with Crippen molar-refractivity contribution in [2.45, 2.75) is 39.3 Å². The molecule has 0 spiro atoms. The van der Waals surface area contributed by atoms with E-state index in [9.17, 15) is 0 Å². The third-order valence-electron chi connectivity index (χ3n) is 4.54. The molecule has 3 heteroatoms. The first-order valence-electron chi connectivity index (χ1n) is 8.90. The Kier molecular flexibility index (Phi) is 6.36. The molecule has 0 amide bonds. The van der Waals surface area contributed by atoms with Crippen molar-refractivity contribution in [1.29, 1.82) is 0 Å². The van der Waals surface area contributed by atoms with E-state index in [1.54, 1.807) is 0 Å². The summed E-state index contributed by atoms with van der Waals surface area (Å²) in [5.74, 6) is 0.403. The third-order valence-corrected chi connectivity index (χ3v) is 4.54. The molecular weight excluding hydrogens is 311 g/mol. The molecule has 2 rings (SSSR count). The first-order chi connectivity index (χ1) is 11.7. The van der Waals surface area contributed by atoms with Gasteiger partial charge in [-0.3, -0.25) is 4.90 Å². The zero-order chi connectivity index (χ0) is 18.7. The summed E-state index contributed by atoms with van der Waals surface area (Å²) in [7, 11) is 7.95. The SMILES string of the molecule is Cc1cc(CN(C)C)c(F)c(C(c2ccc(C(C)C)cc2)N(C)C)c1. The van der Waals surface area contributed by atoms with Crippen molar-refractivity contribution >= 4 is 0 Å². The molecular formula is C22H31FN2. The van der Waals surface area contributed by atoms with Crippen LogP contribution in [0.5, 0.6) is 0 Å². The van der Waals surface area contributed by atoms with Crippen LogP contribution in [0, 0.1) is 12.7 Å². The van der Waals surface area contributed by atoms with Gasteiger partial charge >= 0.3 is 0 Å². The number of benzene rings is 2. The van der Waals surface area contributed by atoms with Crippen molar-refractivity contribution < 1.29 is 4.39 Å². The van der Waals surface area contributed by atoms with Gasteiger partial charge < -0.3 is 4.90 Å². The smallest absolute Gasteiger partial charge is 0.132 e. The number of aryl methyl sites for hydroxylation is 1. The zero-order valence-electron chi connectivity index (χ0n) is 16.6. The summed E-state index contributed by atoms with van der Waals surface area (Å²) in [6, 6.07) is 12.4. The van der Waals surface area contributed by atoms with Gasteiger partial charge in [-0.15, -0.1) is 0 Å². The van der Waals surface area contributed by atoms with E-state index < -0.39 is 0 Å². The van der Waals surface area contributed by atoms with Crippen molar-refractivity contribution in [3.63, 3.8) is 0 Å². The van der Waals surface area contributed by atoms with Gasteiger partial charge in [-0.05, 0) is 52.2 Å². The molecule has 0 saturated carbocycles. The highest BCUT2D eigenvalue weighted by molar-refractivity contribution is 5.39. The van der Waals surface area contributed by atoms with Crippen LogP contribution >= 0.6 is 0 Å². The molecule has 1 atom stereocenters. The molecule has 136 valence electrons. The molecule has 0 aliphatic heterocycles. The molecule has 0 aliphatic rings. The lowest BCUT2D eigenvalue weighted by atomic mass is 9.92. The molecule has 2 aromatic rings. The Bertz CT molecular complexity index is 703. The van der Waals surface area contributed by atoms with Crippen LogP contribution in [0.2, 0.25) is 0 Å². The van der Waals surface area contributed by atoms with Gasteiger partial charge in [0.1, 0.15) is 5.82 Å². The van der Waals surface area contributed by atoms with Crippen molar-refractivity contribution in [2.24, 2.45) is 0 Å². The summed E-state index contributed by atoms with van der Waals surface area (Å²) in [4.78, 5) is 4.09. The monoisotopic (exact) mass is 342 g/mol. The lowest BCUT2D eigenvalue weighted by molar-refractivity contribution is 0.330. The second kappa shape index (κ2) is 8.11. The van der Waals surface area contributed by atoms with Gasteiger partial charge in [0, 0.05) is 17.7 Å². The average molecular weight is 343 g/mol. The highest BCUT2D eigenvalue weighted by atomic mass is 19.1. The van der Waals surface area contributed by atoms with Crippen LogP contribution in [-0.4, -0.2) is 38.0 Å². The fourth-order valence-electron chi connectivity index (χ4n) is 3.35. The fraction of sp³-hybridized carbons (Fsp3) is 0.455. The van der Waals surface area contributed by atoms with Crippen molar-refractivity contribution in [1.82, 2.24) is 9.80 Å². The minimum atomic E-state index is -0.0953.